The van der Waals surface area contributed by atoms with Crippen molar-refractivity contribution in [1.82, 2.24) is 14.6 Å². The van der Waals surface area contributed by atoms with Gasteiger partial charge in [0.25, 0.3) is 5.56 Å². The highest BCUT2D eigenvalue weighted by atomic mass is 35.5. The Morgan fingerprint density at radius 3 is 2.07 bits per heavy atom. The zero-order valence-electron chi connectivity index (χ0n) is 23.8. The van der Waals surface area contributed by atoms with Gasteiger partial charge < -0.3 is 19.7 Å². The summed E-state index contributed by atoms with van der Waals surface area (Å²) in [5.41, 5.74) is -2.58. The lowest BCUT2D eigenvalue weighted by molar-refractivity contribution is -0.173. The van der Waals surface area contributed by atoms with Crippen molar-refractivity contribution < 1.29 is 36.6 Å². The summed E-state index contributed by atoms with van der Waals surface area (Å²) in [7, 11) is 0. The van der Waals surface area contributed by atoms with Crippen molar-refractivity contribution in [2.24, 2.45) is 5.92 Å². The molecule has 2 atom stereocenters. The standard InChI is InChI=1S/C26H32ClF4N5O6/c1-24(2,3)41-21(38)32-16-11-34(10-14(16)26(29,30)31)19-15(28)9-13-18(17(19)27)35(12-7-8-12)23(40)36(20(13)37)33-22(39)42-25(4,5)6/h9,12,14,16H,7-8,10-11H2,1-6H3,(H,32,38)(H,33,39)/t14-,16-/m0/s1. The molecule has 1 aliphatic heterocycles. The van der Waals surface area contributed by atoms with E-state index in [9.17, 15) is 32.3 Å². The Kier molecular flexibility index (Phi) is 7.98. The van der Waals surface area contributed by atoms with Crippen molar-refractivity contribution in [3.05, 3.63) is 37.7 Å². The van der Waals surface area contributed by atoms with Crippen LogP contribution in [-0.4, -0.2) is 57.9 Å². The zero-order chi connectivity index (χ0) is 31.5. The lowest BCUT2D eigenvalue weighted by Gasteiger charge is -2.25. The number of amides is 2. The quantitative estimate of drug-likeness (QED) is 0.476. The third-order valence-electron chi connectivity index (χ3n) is 6.51. The van der Waals surface area contributed by atoms with E-state index in [0.29, 0.717) is 17.5 Å². The summed E-state index contributed by atoms with van der Waals surface area (Å²) in [4.78, 5) is 52.3. The van der Waals surface area contributed by atoms with Gasteiger partial charge in [-0.15, -0.1) is 0 Å². The third kappa shape index (κ3) is 6.60. The van der Waals surface area contributed by atoms with Crippen molar-refractivity contribution in [3.8, 4) is 0 Å². The maximum Gasteiger partial charge on any atom is 0.427 e. The molecule has 2 N–H and O–H groups in total. The van der Waals surface area contributed by atoms with Crippen molar-refractivity contribution in [2.45, 2.75) is 83.8 Å². The minimum absolute atomic E-state index is 0.181. The summed E-state index contributed by atoms with van der Waals surface area (Å²) < 4.78 is 69.4. The molecule has 2 aromatic rings. The molecule has 1 aromatic carbocycles. The van der Waals surface area contributed by atoms with E-state index >= 15 is 4.39 Å². The molecule has 1 saturated heterocycles. The molecule has 1 aliphatic carbocycles. The third-order valence-corrected chi connectivity index (χ3v) is 6.87. The number of fused-ring (bicyclic) bond motifs is 1. The lowest BCUT2D eigenvalue weighted by Crippen LogP contribution is -2.48. The van der Waals surface area contributed by atoms with Crippen LogP contribution in [0.2, 0.25) is 5.02 Å². The first-order valence-corrected chi connectivity index (χ1v) is 13.6. The molecule has 42 heavy (non-hydrogen) atoms. The first-order valence-electron chi connectivity index (χ1n) is 13.2. The zero-order valence-corrected chi connectivity index (χ0v) is 24.6. The van der Waals surface area contributed by atoms with E-state index in [1.165, 1.54) is 0 Å². The van der Waals surface area contributed by atoms with Crippen molar-refractivity contribution >= 4 is 40.4 Å². The highest BCUT2D eigenvalue weighted by Gasteiger charge is 2.51. The molecule has 0 bridgehead atoms. The summed E-state index contributed by atoms with van der Waals surface area (Å²) in [5.74, 6) is -3.24. The minimum atomic E-state index is -4.77. The number of carbonyl (C=O) groups excluding carboxylic acids is 2. The van der Waals surface area contributed by atoms with E-state index in [4.69, 9.17) is 21.1 Å². The highest BCUT2D eigenvalue weighted by Crippen LogP contribution is 2.43. The second kappa shape index (κ2) is 10.7. The topological polar surface area (TPSA) is 124 Å². The van der Waals surface area contributed by atoms with Gasteiger partial charge in [0, 0.05) is 19.1 Å². The van der Waals surface area contributed by atoms with Crippen LogP contribution in [0.25, 0.3) is 10.9 Å². The average molecular weight is 622 g/mol. The van der Waals surface area contributed by atoms with Crippen LogP contribution in [0.1, 0.15) is 60.4 Å². The molecule has 2 fully saturated rings. The van der Waals surface area contributed by atoms with Crippen LogP contribution in [0.4, 0.5) is 32.8 Å². The Bertz CT molecular complexity index is 1540. The van der Waals surface area contributed by atoms with Gasteiger partial charge in [-0.05, 0) is 60.5 Å². The van der Waals surface area contributed by atoms with E-state index in [0.717, 1.165) is 15.5 Å². The Hall–Kier alpha value is -3.49. The predicted octanol–water partition coefficient (Wildman–Crippen LogP) is 4.66. The maximum atomic E-state index is 15.6. The monoisotopic (exact) mass is 621 g/mol. The number of halogens is 5. The van der Waals surface area contributed by atoms with E-state index in [1.54, 1.807) is 41.5 Å². The summed E-state index contributed by atoms with van der Waals surface area (Å²) in [5, 5.41) is 1.39. The normalized spacial score (nSPS) is 19.6. The van der Waals surface area contributed by atoms with Crippen LogP contribution in [0, 0.1) is 11.7 Å². The Labute approximate surface area is 242 Å². The number of hydrogen-bond donors (Lipinski definition) is 2. The average Bonchev–Trinajstić information content (AvgIpc) is 3.54. The fraction of sp³-hybridized carbons (Fsp3) is 0.615. The largest absolute Gasteiger partial charge is 0.444 e. The number of alkyl halides is 3. The number of aromatic nitrogens is 2. The second-order valence-electron chi connectivity index (χ2n) is 12.4. The van der Waals surface area contributed by atoms with Crippen LogP contribution in [0.5, 0.6) is 0 Å². The first-order chi connectivity index (χ1) is 19.2. The number of hydrogen-bond acceptors (Lipinski definition) is 7. The SMILES string of the molecule is CC(C)(C)OC(=O)N[C@H]1CN(c2c(F)cc3c(=O)n(NC(=O)OC(C)(C)C)c(=O)n(C4CC4)c3c2Cl)C[C@@H]1C(F)(F)F. The molecular weight excluding hydrogens is 590 g/mol. The number of nitrogens with one attached hydrogen (secondary N) is 2. The number of alkyl carbamates (subject to hydrolysis) is 1. The van der Waals surface area contributed by atoms with Crippen LogP contribution in [0.15, 0.2) is 15.7 Å². The van der Waals surface area contributed by atoms with E-state index in [2.05, 4.69) is 10.7 Å². The molecule has 2 aliphatic rings. The molecule has 2 heterocycles. The molecular formula is C26H32ClF4N5O6. The van der Waals surface area contributed by atoms with Crippen molar-refractivity contribution in [2.75, 3.05) is 23.4 Å². The van der Waals surface area contributed by atoms with Gasteiger partial charge in [-0.1, -0.05) is 11.6 Å². The number of benzene rings is 1. The van der Waals surface area contributed by atoms with Gasteiger partial charge in [-0.25, -0.2) is 24.2 Å². The summed E-state index contributed by atoms with van der Waals surface area (Å²) in [6.45, 7) is 8.12. The van der Waals surface area contributed by atoms with E-state index in [1.807, 2.05) is 0 Å². The van der Waals surface area contributed by atoms with Crippen molar-refractivity contribution in [3.63, 3.8) is 0 Å². The van der Waals surface area contributed by atoms with E-state index < -0.39 is 88.4 Å². The van der Waals surface area contributed by atoms with Gasteiger partial charge in [-0.2, -0.15) is 17.8 Å². The molecule has 2 amide bonds. The molecule has 232 valence electrons. The molecule has 11 nitrogen and oxygen atoms in total. The summed E-state index contributed by atoms with van der Waals surface area (Å²) in [6.07, 6.45) is -5.94. The first kappa shape index (κ1) is 31.4. The molecule has 1 aromatic heterocycles. The number of rotatable bonds is 4. The van der Waals surface area contributed by atoms with Crippen LogP contribution >= 0.6 is 11.6 Å². The number of ether oxygens (including phenoxy) is 2. The Morgan fingerprint density at radius 1 is 0.976 bits per heavy atom. The molecule has 0 spiro atoms. The molecule has 0 radical (unpaired) electrons. The molecule has 4 rings (SSSR count). The van der Waals surface area contributed by atoms with E-state index in [-0.39, 0.29) is 10.9 Å². The minimum Gasteiger partial charge on any atom is -0.444 e. The smallest absolute Gasteiger partial charge is 0.427 e. The Balaban J connectivity index is 1.80. The maximum absolute atomic E-state index is 15.6. The fourth-order valence-electron chi connectivity index (χ4n) is 4.78. The van der Waals surface area contributed by atoms with Gasteiger partial charge >= 0.3 is 24.1 Å². The number of nitrogens with zero attached hydrogens (tertiary/aromatic N) is 3. The van der Waals surface area contributed by atoms with Gasteiger partial charge in [0.15, 0.2) is 0 Å². The summed E-state index contributed by atoms with van der Waals surface area (Å²) in [6, 6.07) is -1.20. The van der Waals surface area contributed by atoms with Gasteiger partial charge in [0.05, 0.1) is 33.6 Å². The van der Waals surface area contributed by atoms with Crippen LogP contribution in [0.3, 0.4) is 0 Å². The van der Waals surface area contributed by atoms with Crippen LogP contribution < -0.4 is 26.9 Å². The van der Waals surface area contributed by atoms with Gasteiger partial charge in [0.2, 0.25) is 0 Å². The van der Waals surface area contributed by atoms with Gasteiger partial charge in [-0.3, -0.25) is 9.36 Å². The van der Waals surface area contributed by atoms with Crippen molar-refractivity contribution in [1.29, 1.82) is 0 Å². The molecule has 1 saturated carbocycles. The van der Waals surface area contributed by atoms with Crippen LogP contribution in [-0.2, 0) is 9.47 Å². The second-order valence-corrected chi connectivity index (χ2v) is 12.7. The number of carbonyl (C=O) groups is 2. The lowest BCUT2D eigenvalue weighted by atomic mass is 10.0. The predicted molar refractivity (Wildman–Crippen MR) is 146 cm³/mol. The molecule has 16 heteroatoms. The number of anilines is 1. The fourth-order valence-corrected chi connectivity index (χ4v) is 5.19. The van der Waals surface area contributed by atoms with Gasteiger partial charge in [0.1, 0.15) is 17.0 Å². The Morgan fingerprint density at radius 2 is 1.55 bits per heavy atom. The summed E-state index contributed by atoms with van der Waals surface area (Å²) >= 11 is 6.60. The molecule has 0 unspecified atom stereocenters. The highest BCUT2D eigenvalue weighted by molar-refractivity contribution is 6.38.